The van der Waals surface area contributed by atoms with Crippen molar-refractivity contribution in [2.45, 2.75) is 13.0 Å². The van der Waals surface area contributed by atoms with Gasteiger partial charge in [-0.25, -0.2) is 0 Å². The molecule has 0 amide bonds. The third kappa shape index (κ3) is 3.49. The first-order valence-corrected chi connectivity index (χ1v) is 10.3. The van der Waals surface area contributed by atoms with E-state index in [1.165, 1.54) is 0 Å². The minimum Gasteiger partial charge on any atom is -0.478 e. The Morgan fingerprint density at radius 2 is 1.77 bits per heavy atom. The summed E-state index contributed by atoms with van der Waals surface area (Å²) in [5, 5.41) is 1.35. The van der Waals surface area contributed by atoms with Crippen molar-refractivity contribution in [2.24, 2.45) is 0 Å². The number of hydrogen-bond acceptors (Lipinski definition) is 4. The van der Waals surface area contributed by atoms with Crippen molar-refractivity contribution in [3.05, 3.63) is 99.4 Å². The first-order valence-electron chi connectivity index (χ1n) is 9.92. The van der Waals surface area contributed by atoms with Crippen LogP contribution in [0.25, 0.3) is 22.1 Å². The van der Waals surface area contributed by atoms with Crippen LogP contribution in [-0.4, -0.2) is 18.2 Å². The molecule has 0 fully saturated rings. The lowest BCUT2D eigenvalue weighted by Crippen LogP contribution is -2.33. The van der Waals surface area contributed by atoms with Crippen molar-refractivity contribution < 1.29 is 9.15 Å². The highest BCUT2D eigenvalue weighted by Gasteiger charge is 2.22. The maximum atomic E-state index is 13.1. The van der Waals surface area contributed by atoms with E-state index in [2.05, 4.69) is 4.90 Å². The van der Waals surface area contributed by atoms with E-state index in [1.54, 1.807) is 12.3 Å². The van der Waals surface area contributed by atoms with Crippen LogP contribution in [0.1, 0.15) is 11.1 Å². The molecule has 5 rings (SSSR count). The zero-order chi connectivity index (χ0) is 20.5. The van der Waals surface area contributed by atoms with E-state index in [-0.39, 0.29) is 5.43 Å². The van der Waals surface area contributed by atoms with Crippen LogP contribution in [0.2, 0.25) is 5.02 Å². The molecule has 5 heteroatoms. The molecule has 1 aliphatic heterocycles. The third-order valence-electron chi connectivity index (χ3n) is 5.53. The fourth-order valence-electron chi connectivity index (χ4n) is 3.89. The van der Waals surface area contributed by atoms with Gasteiger partial charge in [0, 0.05) is 18.1 Å². The van der Waals surface area contributed by atoms with Gasteiger partial charge >= 0.3 is 0 Å². The predicted octanol–water partition coefficient (Wildman–Crippen LogP) is 5.51. The Morgan fingerprint density at radius 3 is 2.60 bits per heavy atom. The van der Waals surface area contributed by atoms with Gasteiger partial charge in [-0.15, -0.1) is 0 Å². The van der Waals surface area contributed by atoms with E-state index in [1.807, 2.05) is 60.7 Å². The topological polar surface area (TPSA) is 42.7 Å². The van der Waals surface area contributed by atoms with Crippen LogP contribution in [0.4, 0.5) is 0 Å². The number of hydrogen-bond donors (Lipinski definition) is 0. The van der Waals surface area contributed by atoms with Crippen LogP contribution in [-0.2, 0) is 13.0 Å². The zero-order valence-corrected chi connectivity index (χ0v) is 17.1. The fraction of sp³-hybridized carbons (Fsp3) is 0.160. The van der Waals surface area contributed by atoms with Crippen LogP contribution >= 0.6 is 11.6 Å². The highest BCUT2D eigenvalue weighted by atomic mass is 35.5. The lowest BCUT2D eigenvalue weighted by molar-refractivity contribution is 0.0968. The Balaban J connectivity index is 1.45. The SMILES string of the molecule is O=c1c(-c2ccccc2)coc2c3c(ccc12)OCN(CCc1ccccc1Cl)C3. The lowest BCUT2D eigenvalue weighted by atomic mass is 10.0. The summed E-state index contributed by atoms with van der Waals surface area (Å²) in [6.07, 6.45) is 2.38. The van der Waals surface area contributed by atoms with E-state index in [0.717, 1.165) is 40.4 Å². The molecule has 0 atom stereocenters. The minimum absolute atomic E-state index is 0.0292. The van der Waals surface area contributed by atoms with Gasteiger partial charge in [0.05, 0.1) is 16.5 Å². The van der Waals surface area contributed by atoms with Gasteiger partial charge in [0.15, 0.2) is 0 Å². The number of ether oxygens (including phenoxy) is 1. The lowest BCUT2D eigenvalue weighted by Gasteiger charge is -2.29. The molecule has 0 unspecified atom stereocenters. The number of nitrogens with zero attached hydrogens (tertiary/aromatic N) is 1. The summed E-state index contributed by atoms with van der Waals surface area (Å²) in [5.41, 5.74) is 4.01. The molecule has 4 nitrogen and oxygen atoms in total. The molecule has 2 heterocycles. The smallest absolute Gasteiger partial charge is 0.200 e. The molecule has 0 N–H and O–H groups in total. The molecular weight excluding hydrogens is 398 g/mol. The first-order chi connectivity index (χ1) is 14.7. The zero-order valence-electron chi connectivity index (χ0n) is 16.3. The fourth-order valence-corrected chi connectivity index (χ4v) is 4.13. The van der Waals surface area contributed by atoms with E-state index < -0.39 is 0 Å². The largest absolute Gasteiger partial charge is 0.478 e. The monoisotopic (exact) mass is 417 g/mol. The summed E-state index contributed by atoms with van der Waals surface area (Å²) in [5.74, 6) is 0.770. The van der Waals surface area contributed by atoms with Crippen molar-refractivity contribution in [2.75, 3.05) is 13.3 Å². The summed E-state index contributed by atoms with van der Waals surface area (Å²) in [6, 6.07) is 21.1. The predicted molar refractivity (Wildman–Crippen MR) is 119 cm³/mol. The maximum absolute atomic E-state index is 13.1. The van der Waals surface area contributed by atoms with Crippen molar-refractivity contribution >= 4 is 22.6 Å². The number of rotatable bonds is 4. The Bertz CT molecular complexity index is 1270. The van der Waals surface area contributed by atoms with Crippen LogP contribution < -0.4 is 10.2 Å². The molecule has 0 aliphatic carbocycles. The van der Waals surface area contributed by atoms with Crippen LogP contribution in [0, 0.1) is 0 Å². The highest BCUT2D eigenvalue weighted by Crippen LogP contribution is 2.32. The summed E-state index contributed by atoms with van der Waals surface area (Å²) < 4.78 is 11.9. The van der Waals surface area contributed by atoms with Crippen molar-refractivity contribution in [3.63, 3.8) is 0 Å². The summed E-state index contributed by atoms with van der Waals surface area (Å²) in [6.45, 7) is 1.95. The highest BCUT2D eigenvalue weighted by molar-refractivity contribution is 6.31. The second-order valence-electron chi connectivity index (χ2n) is 7.43. The molecule has 0 bridgehead atoms. The summed E-state index contributed by atoms with van der Waals surface area (Å²) in [4.78, 5) is 15.3. The Kier molecular flexibility index (Phi) is 5.03. The van der Waals surface area contributed by atoms with Gasteiger partial charge < -0.3 is 9.15 Å². The van der Waals surface area contributed by atoms with E-state index >= 15 is 0 Å². The molecule has 1 aromatic heterocycles. The molecule has 0 saturated heterocycles. The van der Waals surface area contributed by atoms with Gasteiger partial charge in [-0.05, 0) is 35.7 Å². The maximum Gasteiger partial charge on any atom is 0.200 e. The molecule has 0 spiro atoms. The molecule has 30 heavy (non-hydrogen) atoms. The average molecular weight is 418 g/mol. The molecule has 3 aromatic carbocycles. The molecule has 4 aromatic rings. The van der Waals surface area contributed by atoms with Gasteiger partial charge in [0.2, 0.25) is 5.43 Å². The number of fused-ring (bicyclic) bond motifs is 3. The van der Waals surface area contributed by atoms with Crippen LogP contribution in [0.3, 0.4) is 0 Å². The van der Waals surface area contributed by atoms with E-state index in [9.17, 15) is 4.79 Å². The molecule has 150 valence electrons. The Labute approximate surface area is 179 Å². The normalized spacial score (nSPS) is 13.8. The molecular formula is C25H20ClNO3. The van der Waals surface area contributed by atoms with Crippen molar-refractivity contribution in [1.29, 1.82) is 0 Å². The first kappa shape index (κ1) is 18.9. The standard InChI is InChI=1S/C25H20ClNO3/c26-22-9-5-4-8-18(22)12-13-27-14-20-23(30-16-27)11-10-19-24(28)21(15-29-25(19)20)17-6-2-1-3-7-17/h1-11,15H,12-14,16H2. The minimum atomic E-state index is -0.0292. The Morgan fingerprint density at radius 1 is 0.967 bits per heavy atom. The van der Waals surface area contributed by atoms with Gasteiger partial charge in [-0.2, -0.15) is 0 Å². The van der Waals surface area contributed by atoms with Gasteiger partial charge in [-0.3, -0.25) is 9.69 Å². The number of halogens is 1. The van der Waals surface area contributed by atoms with Crippen LogP contribution in [0.15, 0.2) is 82.2 Å². The summed E-state index contributed by atoms with van der Waals surface area (Å²) in [7, 11) is 0. The number of benzene rings is 3. The van der Waals surface area contributed by atoms with E-state index in [4.69, 9.17) is 20.8 Å². The summed E-state index contributed by atoms with van der Waals surface area (Å²) >= 11 is 6.28. The second-order valence-corrected chi connectivity index (χ2v) is 7.84. The van der Waals surface area contributed by atoms with Crippen LogP contribution in [0.5, 0.6) is 5.75 Å². The van der Waals surface area contributed by atoms with E-state index in [0.29, 0.717) is 29.8 Å². The van der Waals surface area contributed by atoms with Gasteiger partial charge in [0.1, 0.15) is 24.3 Å². The van der Waals surface area contributed by atoms with Crippen molar-refractivity contribution in [3.8, 4) is 16.9 Å². The second kappa shape index (κ2) is 7.98. The molecule has 0 saturated carbocycles. The quantitative estimate of drug-likeness (QED) is 0.439. The molecule has 1 aliphatic rings. The van der Waals surface area contributed by atoms with Gasteiger partial charge in [-0.1, -0.05) is 60.1 Å². The Hall–Kier alpha value is -3.08. The van der Waals surface area contributed by atoms with Crippen molar-refractivity contribution in [1.82, 2.24) is 4.90 Å². The van der Waals surface area contributed by atoms with Gasteiger partial charge in [0.25, 0.3) is 0 Å². The average Bonchev–Trinajstić information content (AvgIpc) is 2.79. The third-order valence-corrected chi connectivity index (χ3v) is 5.89. The molecule has 0 radical (unpaired) electrons.